The van der Waals surface area contributed by atoms with Crippen molar-refractivity contribution in [3.63, 3.8) is 0 Å². The number of rotatable bonds is 0. The molecule has 0 saturated heterocycles. The molecule has 0 amide bonds. The number of hydrogen-bond acceptors (Lipinski definition) is 2. The van der Waals surface area contributed by atoms with E-state index in [0.717, 1.165) is 16.6 Å². The molecule has 12 heavy (non-hydrogen) atoms. The van der Waals surface area contributed by atoms with Gasteiger partial charge in [-0.3, -0.25) is 4.09 Å². The van der Waals surface area contributed by atoms with E-state index in [2.05, 4.69) is 10.2 Å². The maximum Gasteiger partial charge on any atom is 0.161 e. The second-order valence-corrected chi connectivity index (χ2v) is 3.19. The van der Waals surface area contributed by atoms with Crippen molar-refractivity contribution in [3.05, 3.63) is 23.1 Å². The van der Waals surface area contributed by atoms with Crippen LogP contribution in [0.5, 0.6) is 0 Å². The van der Waals surface area contributed by atoms with E-state index < -0.39 is 0 Å². The van der Waals surface area contributed by atoms with Crippen LogP contribution in [0.3, 0.4) is 0 Å². The van der Waals surface area contributed by atoms with Crippen molar-refractivity contribution in [2.45, 2.75) is 6.92 Å². The molecule has 5 heteroatoms. The highest BCUT2D eigenvalue weighted by Crippen LogP contribution is 2.24. The van der Waals surface area contributed by atoms with Crippen LogP contribution in [0.25, 0.3) is 10.9 Å². The fourth-order valence-electron chi connectivity index (χ4n) is 1.14. The summed E-state index contributed by atoms with van der Waals surface area (Å²) in [6.45, 7) is 1.84. The lowest BCUT2D eigenvalue weighted by Crippen LogP contribution is -1.90. The van der Waals surface area contributed by atoms with E-state index in [1.54, 1.807) is 6.20 Å². The molecule has 2 heterocycles. The highest BCUT2D eigenvalue weighted by Gasteiger charge is 2.07. The van der Waals surface area contributed by atoms with E-state index >= 15 is 0 Å². The number of hydrogen-bond donors (Lipinski definition) is 0. The molecular formula is C7H5Cl2N3. The topological polar surface area (TPSA) is 30.7 Å². The zero-order chi connectivity index (χ0) is 8.72. The summed E-state index contributed by atoms with van der Waals surface area (Å²) in [5.41, 5.74) is 1.59. The van der Waals surface area contributed by atoms with Gasteiger partial charge in [0.15, 0.2) is 5.15 Å². The molecule has 0 radical (unpaired) electrons. The Labute approximate surface area is 79.0 Å². The lowest BCUT2D eigenvalue weighted by Gasteiger charge is -1.97. The predicted octanol–water partition coefficient (Wildman–Crippen LogP) is 2.40. The molecule has 0 N–H and O–H groups in total. The van der Waals surface area contributed by atoms with Crippen molar-refractivity contribution < 1.29 is 0 Å². The molecule has 2 rings (SSSR count). The van der Waals surface area contributed by atoms with Crippen molar-refractivity contribution in [3.8, 4) is 0 Å². The summed E-state index contributed by atoms with van der Waals surface area (Å²) in [6.07, 6.45) is 1.72. The number of nitrogens with zero attached hydrogens (tertiary/aromatic N) is 3. The van der Waals surface area contributed by atoms with Gasteiger partial charge in [0.25, 0.3) is 0 Å². The standard InChI is InChI=1S/C7H5Cl2N3/c1-4-6-5(2-3-12(6)9)7(8)11-10-4/h2-3H,1H3. The van der Waals surface area contributed by atoms with E-state index in [1.165, 1.54) is 4.09 Å². The Morgan fingerprint density at radius 3 is 2.83 bits per heavy atom. The van der Waals surface area contributed by atoms with Crippen LogP contribution in [0.1, 0.15) is 5.69 Å². The van der Waals surface area contributed by atoms with Crippen LogP contribution in [-0.2, 0) is 0 Å². The van der Waals surface area contributed by atoms with Gasteiger partial charge in [-0.05, 0) is 13.0 Å². The second-order valence-electron chi connectivity index (χ2n) is 2.47. The summed E-state index contributed by atoms with van der Waals surface area (Å²) in [7, 11) is 0. The van der Waals surface area contributed by atoms with E-state index in [4.69, 9.17) is 23.4 Å². The van der Waals surface area contributed by atoms with Crippen LogP contribution in [-0.4, -0.2) is 14.3 Å². The molecule has 2 aromatic heterocycles. The molecule has 0 aromatic carbocycles. The third-order valence-electron chi connectivity index (χ3n) is 1.69. The van der Waals surface area contributed by atoms with Crippen molar-refractivity contribution >= 4 is 34.3 Å². The largest absolute Gasteiger partial charge is 0.258 e. The molecule has 62 valence electrons. The van der Waals surface area contributed by atoms with Crippen LogP contribution in [0.4, 0.5) is 0 Å². The number of halogens is 2. The minimum Gasteiger partial charge on any atom is -0.258 e. The molecule has 0 unspecified atom stereocenters. The van der Waals surface area contributed by atoms with Gasteiger partial charge in [0, 0.05) is 23.4 Å². The van der Waals surface area contributed by atoms with Gasteiger partial charge in [-0.1, -0.05) is 11.6 Å². The first-order valence-electron chi connectivity index (χ1n) is 3.36. The Morgan fingerprint density at radius 1 is 1.42 bits per heavy atom. The summed E-state index contributed by atoms with van der Waals surface area (Å²) in [6, 6.07) is 1.81. The van der Waals surface area contributed by atoms with Gasteiger partial charge in [-0.25, -0.2) is 0 Å². The van der Waals surface area contributed by atoms with Crippen molar-refractivity contribution in [1.82, 2.24) is 14.3 Å². The zero-order valence-electron chi connectivity index (χ0n) is 6.25. The van der Waals surface area contributed by atoms with Crippen LogP contribution in [0, 0.1) is 6.92 Å². The molecule has 0 aliphatic rings. The minimum absolute atomic E-state index is 0.384. The zero-order valence-corrected chi connectivity index (χ0v) is 7.76. The van der Waals surface area contributed by atoms with Gasteiger partial charge in [0.05, 0.1) is 11.2 Å². The fourth-order valence-corrected chi connectivity index (χ4v) is 1.60. The van der Waals surface area contributed by atoms with Gasteiger partial charge in [0.2, 0.25) is 0 Å². The van der Waals surface area contributed by atoms with E-state index in [0.29, 0.717) is 5.15 Å². The van der Waals surface area contributed by atoms with E-state index in [1.807, 2.05) is 13.0 Å². The van der Waals surface area contributed by atoms with E-state index in [-0.39, 0.29) is 0 Å². The third-order valence-corrected chi connectivity index (χ3v) is 2.25. The summed E-state index contributed by atoms with van der Waals surface area (Å²) in [5.74, 6) is 0. The predicted molar refractivity (Wildman–Crippen MR) is 48.5 cm³/mol. The summed E-state index contributed by atoms with van der Waals surface area (Å²) in [4.78, 5) is 0. The van der Waals surface area contributed by atoms with Gasteiger partial charge in [-0.15, -0.1) is 5.10 Å². The molecular weight excluding hydrogens is 197 g/mol. The van der Waals surface area contributed by atoms with Crippen LogP contribution >= 0.6 is 23.4 Å². The fraction of sp³-hybridized carbons (Fsp3) is 0.143. The average Bonchev–Trinajstić information content (AvgIpc) is 2.42. The van der Waals surface area contributed by atoms with Crippen LogP contribution < -0.4 is 0 Å². The number of aromatic nitrogens is 3. The molecule has 0 aliphatic carbocycles. The first kappa shape index (κ1) is 7.83. The molecule has 0 aliphatic heterocycles. The maximum absolute atomic E-state index is 5.84. The summed E-state index contributed by atoms with van der Waals surface area (Å²) >= 11 is 11.6. The van der Waals surface area contributed by atoms with Crippen molar-refractivity contribution in [2.75, 3.05) is 0 Å². The van der Waals surface area contributed by atoms with Gasteiger partial charge in [0.1, 0.15) is 0 Å². The molecule has 0 bridgehead atoms. The van der Waals surface area contributed by atoms with Crippen LogP contribution in [0.15, 0.2) is 12.3 Å². The van der Waals surface area contributed by atoms with Gasteiger partial charge >= 0.3 is 0 Å². The minimum atomic E-state index is 0.384. The SMILES string of the molecule is Cc1nnc(Cl)c2ccn(Cl)c12. The molecule has 0 saturated carbocycles. The monoisotopic (exact) mass is 201 g/mol. The average molecular weight is 202 g/mol. The van der Waals surface area contributed by atoms with Crippen molar-refractivity contribution in [1.29, 1.82) is 0 Å². The van der Waals surface area contributed by atoms with Crippen molar-refractivity contribution in [2.24, 2.45) is 0 Å². The Balaban J connectivity index is 2.98. The maximum atomic E-state index is 5.84. The number of aryl methyl sites for hydroxylation is 1. The highest BCUT2D eigenvalue weighted by molar-refractivity contribution is 6.34. The molecule has 2 aromatic rings. The lowest BCUT2D eigenvalue weighted by atomic mass is 10.3. The second kappa shape index (κ2) is 2.61. The molecule has 3 nitrogen and oxygen atoms in total. The molecule has 0 spiro atoms. The summed E-state index contributed by atoms with van der Waals surface area (Å²) in [5, 5.41) is 8.83. The Hall–Kier alpha value is -0.800. The van der Waals surface area contributed by atoms with E-state index in [9.17, 15) is 0 Å². The smallest absolute Gasteiger partial charge is 0.161 e. The molecule has 0 atom stereocenters. The van der Waals surface area contributed by atoms with Gasteiger partial charge in [-0.2, -0.15) is 5.10 Å². The Kier molecular flexibility index (Phi) is 1.70. The highest BCUT2D eigenvalue weighted by atomic mass is 35.5. The normalized spacial score (nSPS) is 10.9. The Morgan fingerprint density at radius 2 is 2.17 bits per heavy atom. The third kappa shape index (κ3) is 0.974. The quantitative estimate of drug-likeness (QED) is 0.656. The van der Waals surface area contributed by atoms with Crippen LogP contribution in [0.2, 0.25) is 5.15 Å². The molecule has 0 fully saturated rings. The van der Waals surface area contributed by atoms with Gasteiger partial charge < -0.3 is 0 Å². The first-order chi connectivity index (χ1) is 5.70. The lowest BCUT2D eigenvalue weighted by molar-refractivity contribution is 0.995. The Bertz CT molecular complexity index is 435. The first-order valence-corrected chi connectivity index (χ1v) is 4.08. The summed E-state index contributed by atoms with van der Waals surface area (Å²) < 4.78 is 1.46. The number of fused-ring (bicyclic) bond motifs is 1.